The quantitative estimate of drug-likeness (QED) is 0.463. The Hall–Kier alpha value is -2.44. The summed E-state index contributed by atoms with van der Waals surface area (Å²) in [4.78, 5) is 29.0. The molecule has 1 aliphatic heterocycles. The molecule has 1 unspecified atom stereocenters. The second-order valence-corrected chi connectivity index (χ2v) is 9.53. The van der Waals surface area contributed by atoms with E-state index in [4.69, 9.17) is 18.9 Å². The topological polar surface area (TPSA) is 74.3 Å². The Kier molecular flexibility index (Phi) is 9.48. The van der Waals surface area contributed by atoms with E-state index in [2.05, 4.69) is 0 Å². The van der Waals surface area contributed by atoms with Gasteiger partial charge in [0.05, 0.1) is 33.4 Å². The van der Waals surface area contributed by atoms with Crippen LogP contribution in [0, 0.1) is 5.92 Å². The molecule has 34 heavy (non-hydrogen) atoms. The van der Waals surface area contributed by atoms with Crippen LogP contribution < -0.4 is 14.2 Å². The van der Waals surface area contributed by atoms with E-state index in [1.54, 1.807) is 26.2 Å². The average Bonchev–Trinajstić information content (AvgIpc) is 2.88. The van der Waals surface area contributed by atoms with Crippen molar-refractivity contribution in [3.05, 3.63) is 17.7 Å². The second-order valence-electron chi connectivity index (χ2n) is 9.53. The fourth-order valence-corrected chi connectivity index (χ4v) is 5.34. The Morgan fingerprint density at radius 3 is 2.12 bits per heavy atom. The SMILES string of the molecule is CC[C@@H](C)OC(=O)C1CCCCN1C(=O)[C@H](c1cc(OC)c(OC)c(OC)c1)C1CCCCC1. The number of likely N-dealkylation sites (tertiary alicyclic amines) is 1. The first-order valence-corrected chi connectivity index (χ1v) is 12.8. The molecule has 190 valence electrons. The second kappa shape index (κ2) is 12.3. The molecule has 3 atom stereocenters. The maximum atomic E-state index is 14.2. The van der Waals surface area contributed by atoms with Crippen molar-refractivity contribution >= 4 is 11.9 Å². The Labute approximate surface area is 204 Å². The van der Waals surface area contributed by atoms with Gasteiger partial charge >= 0.3 is 5.97 Å². The Balaban J connectivity index is 2.00. The molecule has 1 amide bonds. The molecular formula is C27H41NO6. The van der Waals surface area contributed by atoms with Gasteiger partial charge in [-0.15, -0.1) is 0 Å². The van der Waals surface area contributed by atoms with Crippen molar-refractivity contribution in [2.24, 2.45) is 5.92 Å². The predicted molar refractivity (Wildman–Crippen MR) is 131 cm³/mol. The summed E-state index contributed by atoms with van der Waals surface area (Å²) in [6.45, 7) is 4.46. The van der Waals surface area contributed by atoms with Crippen LogP contribution in [0.3, 0.4) is 0 Å². The van der Waals surface area contributed by atoms with Gasteiger partial charge in [0, 0.05) is 6.54 Å². The highest BCUT2D eigenvalue weighted by Crippen LogP contribution is 2.45. The third kappa shape index (κ3) is 5.78. The molecule has 7 nitrogen and oxygen atoms in total. The first kappa shape index (κ1) is 26.2. The van der Waals surface area contributed by atoms with Crippen LogP contribution in [0.4, 0.5) is 0 Å². The van der Waals surface area contributed by atoms with E-state index in [0.29, 0.717) is 30.2 Å². The number of ether oxygens (including phenoxy) is 4. The van der Waals surface area contributed by atoms with Gasteiger partial charge in [0.25, 0.3) is 0 Å². The third-order valence-corrected chi connectivity index (χ3v) is 7.38. The third-order valence-electron chi connectivity index (χ3n) is 7.38. The smallest absolute Gasteiger partial charge is 0.329 e. The predicted octanol–water partition coefficient (Wildman–Crippen LogP) is 5.10. The van der Waals surface area contributed by atoms with Crippen LogP contribution in [-0.2, 0) is 14.3 Å². The number of rotatable bonds is 9. The molecule has 2 aliphatic rings. The molecule has 1 aromatic carbocycles. The Bertz CT molecular complexity index is 809. The molecule has 1 saturated carbocycles. The van der Waals surface area contributed by atoms with Crippen molar-refractivity contribution in [3.8, 4) is 17.2 Å². The number of hydrogen-bond donors (Lipinski definition) is 0. The summed E-state index contributed by atoms with van der Waals surface area (Å²) in [5.41, 5.74) is 0.853. The fourth-order valence-electron chi connectivity index (χ4n) is 5.34. The van der Waals surface area contributed by atoms with E-state index in [9.17, 15) is 9.59 Å². The Morgan fingerprint density at radius 1 is 0.941 bits per heavy atom. The number of benzene rings is 1. The van der Waals surface area contributed by atoms with Gasteiger partial charge in [0.15, 0.2) is 11.5 Å². The van der Waals surface area contributed by atoms with Crippen LogP contribution in [0.15, 0.2) is 12.1 Å². The number of esters is 1. The van der Waals surface area contributed by atoms with Gasteiger partial charge in [-0.05, 0) is 69.1 Å². The number of hydrogen-bond acceptors (Lipinski definition) is 6. The highest BCUT2D eigenvalue weighted by Gasteiger charge is 2.41. The van der Waals surface area contributed by atoms with Crippen molar-refractivity contribution in [1.82, 2.24) is 4.90 Å². The zero-order valence-electron chi connectivity index (χ0n) is 21.4. The summed E-state index contributed by atoms with van der Waals surface area (Å²) in [5, 5.41) is 0. The fraction of sp³-hybridized carbons (Fsp3) is 0.704. The van der Waals surface area contributed by atoms with Crippen molar-refractivity contribution in [1.29, 1.82) is 0 Å². The summed E-state index contributed by atoms with van der Waals surface area (Å²) in [6, 6.07) is 3.27. The zero-order valence-corrected chi connectivity index (χ0v) is 21.4. The first-order chi connectivity index (χ1) is 16.4. The number of piperidine rings is 1. The lowest BCUT2D eigenvalue weighted by Crippen LogP contribution is -2.51. The largest absolute Gasteiger partial charge is 0.493 e. The molecule has 1 aliphatic carbocycles. The minimum Gasteiger partial charge on any atom is -0.493 e. The van der Waals surface area contributed by atoms with Gasteiger partial charge in [0.1, 0.15) is 6.04 Å². The van der Waals surface area contributed by atoms with Gasteiger partial charge < -0.3 is 23.8 Å². The van der Waals surface area contributed by atoms with Crippen LogP contribution in [0.5, 0.6) is 17.2 Å². The van der Waals surface area contributed by atoms with Crippen LogP contribution in [0.2, 0.25) is 0 Å². The van der Waals surface area contributed by atoms with Gasteiger partial charge in [-0.3, -0.25) is 4.79 Å². The maximum Gasteiger partial charge on any atom is 0.329 e. The summed E-state index contributed by atoms with van der Waals surface area (Å²) in [5.74, 6) is 1.15. The lowest BCUT2D eigenvalue weighted by molar-refractivity contribution is -0.161. The molecule has 1 heterocycles. The molecule has 2 fully saturated rings. The highest BCUT2D eigenvalue weighted by atomic mass is 16.5. The summed E-state index contributed by atoms with van der Waals surface area (Å²) < 4.78 is 22.4. The highest BCUT2D eigenvalue weighted by molar-refractivity contribution is 5.89. The molecule has 0 bridgehead atoms. The van der Waals surface area contributed by atoms with Crippen LogP contribution in [-0.4, -0.2) is 56.8 Å². The monoisotopic (exact) mass is 475 g/mol. The molecule has 0 aromatic heterocycles. The number of nitrogens with zero attached hydrogens (tertiary/aromatic N) is 1. The summed E-state index contributed by atoms with van der Waals surface area (Å²) >= 11 is 0. The van der Waals surface area contributed by atoms with Gasteiger partial charge in [-0.25, -0.2) is 4.79 Å². The van der Waals surface area contributed by atoms with Crippen molar-refractivity contribution < 1.29 is 28.5 Å². The number of carbonyl (C=O) groups excluding carboxylic acids is 2. The molecule has 1 saturated heterocycles. The standard InChI is InChI=1S/C27H41NO6/c1-6-18(2)34-27(30)21-14-10-11-15-28(21)26(29)24(19-12-8-7-9-13-19)20-16-22(31-3)25(33-5)23(17-20)32-4/h16-19,21,24H,6-15H2,1-5H3/t18-,21?,24+/m1/s1. The lowest BCUT2D eigenvalue weighted by Gasteiger charge is -2.39. The van der Waals surface area contributed by atoms with Gasteiger partial charge in [-0.2, -0.15) is 0 Å². The van der Waals surface area contributed by atoms with Gasteiger partial charge in [-0.1, -0.05) is 26.2 Å². The molecular weight excluding hydrogens is 434 g/mol. The molecule has 3 rings (SSSR count). The zero-order chi connectivity index (χ0) is 24.7. The lowest BCUT2D eigenvalue weighted by atomic mass is 9.75. The average molecular weight is 476 g/mol. The van der Waals surface area contributed by atoms with Gasteiger partial charge in [0.2, 0.25) is 11.7 Å². The van der Waals surface area contributed by atoms with E-state index in [1.165, 1.54) is 6.42 Å². The summed E-state index contributed by atoms with van der Waals surface area (Å²) in [6.07, 6.45) is 8.45. The van der Waals surface area contributed by atoms with E-state index in [1.807, 2.05) is 26.0 Å². The van der Waals surface area contributed by atoms with Crippen molar-refractivity contribution in [2.75, 3.05) is 27.9 Å². The van der Waals surface area contributed by atoms with E-state index in [0.717, 1.165) is 50.5 Å². The Morgan fingerprint density at radius 2 is 1.56 bits per heavy atom. The number of carbonyl (C=O) groups is 2. The molecule has 7 heteroatoms. The number of methoxy groups -OCH3 is 3. The molecule has 0 N–H and O–H groups in total. The normalized spacial score (nSPS) is 20.9. The number of amides is 1. The minimum atomic E-state index is -0.525. The van der Waals surface area contributed by atoms with E-state index < -0.39 is 6.04 Å². The van der Waals surface area contributed by atoms with E-state index in [-0.39, 0.29) is 29.8 Å². The van der Waals surface area contributed by atoms with Crippen molar-refractivity contribution in [3.63, 3.8) is 0 Å². The van der Waals surface area contributed by atoms with E-state index >= 15 is 0 Å². The summed E-state index contributed by atoms with van der Waals surface area (Å²) in [7, 11) is 4.75. The maximum absolute atomic E-state index is 14.2. The first-order valence-electron chi connectivity index (χ1n) is 12.8. The van der Waals surface area contributed by atoms with Crippen LogP contribution in [0.1, 0.15) is 83.1 Å². The van der Waals surface area contributed by atoms with Crippen LogP contribution in [0.25, 0.3) is 0 Å². The van der Waals surface area contributed by atoms with Crippen molar-refractivity contribution in [2.45, 2.75) is 89.7 Å². The molecule has 0 radical (unpaired) electrons. The van der Waals surface area contributed by atoms with Crippen LogP contribution >= 0.6 is 0 Å². The minimum absolute atomic E-state index is 0.00646. The molecule has 0 spiro atoms. The molecule has 1 aromatic rings.